The number of rotatable bonds is 7. The molecular weight excluding hydrogens is 420 g/mol. The van der Waals surface area contributed by atoms with Crippen LogP contribution in [0, 0.1) is 0 Å². The molecule has 6 nitrogen and oxygen atoms in total. The van der Waals surface area contributed by atoms with Crippen molar-refractivity contribution in [2.45, 2.75) is 11.3 Å². The van der Waals surface area contributed by atoms with Crippen LogP contribution in [0.3, 0.4) is 0 Å². The minimum absolute atomic E-state index is 0.165. The Morgan fingerprint density at radius 1 is 0.969 bits per heavy atom. The molecule has 166 valence electrons. The van der Waals surface area contributed by atoms with Crippen LogP contribution in [0.2, 0.25) is 0 Å². The highest BCUT2D eigenvalue weighted by molar-refractivity contribution is 7.84. The second-order valence-electron chi connectivity index (χ2n) is 7.88. The highest BCUT2D eigenvalue weighted by Gasteiger charge is 2.20. The van der Waals surface area contributed by atoms with Crippen LogP contribution in [0.15, 0.2) is 78.0 Å². The van der Waals surface area contributed by atoms with Crippen molar-refractivity contribution in [1.82, 2.24) is 9.88 Å². The lowest BCUT2D eigenvalue weighted by Gasteiger charge is -2.37. The Labute approximate surface area is 191 Å². The van der Waals surface area contributed by atoms with E-state index in [1.165, 1.54) is 5.56 Å². The topological polar surface area (TPSA) is 65.5 Å². The van der Waals surface area contributed by atoms with Gasteiger partial charge in [0, 0.05) is 72.6 Å². The van der Waals surface area contributed by atoms with E-state index in [4.69, 9.17) is 0 Å². The van der Waals surface area contributed by atoms with Gasteiger partial charge in [0.15, 0.2) is 0 Å². The summed E-state index contributed by atoms with van der Waals surface area (Å²) in [5, 5.41) is 3.05. The highest BCUT2D eigenvalue weighted by Crippen LogP contribution is 2.27. The van der Waals surface area contributed by atoms with Crippen LogP contribution in [0.1, 0.15) is 15.9 Å². The van der Waals surface area contributed by atoms with Crippen LogP contribution in [0.25, 0.3) is 0 Å². The van der Waals surface area contributed by atoms with E-state index in [0.717, 1.165) is 50.5 Å². The fourth-order valence-electron chi connectivity index (χ4n) is 3.90. The van der Waals surface area contributed by atoms with Gasteiger partial charge >= 0.3 is 0 Å². The molecule has 1 aliphatic heterocycles. The van der Waals surface area contributed by atoms with Crippen LogP contribution in [-0.4, -0.2) is 59.0 Å². The first-order valence-electron chi connectivity index (χ1n) is 10.8. The predicted octanol–water partition coefficient (Wildman–Crippen LogP) is 3.44. The molecule has 1 unspecified atom stereocenters. The third-order valence-electron chi connectivity index (χ3n) is 5.78. The van der Waals surface area contributed by atoms with E-state index in [1.807, 2.05) is 30.6 Å². The summed E-state index contributed by atoms with van der Waals surface area (Å²) in [4.78, 5) is 22.4. The summed E-state index contributed by atoms with van der Waals surface area (Å²) in [5.74, 6) is -0.165. The number of hydrogen-bond acceptors (Lipinski definition) is 5. The molecular formula is C25H28N4O2S. The van der Waals surface area contributed by atoms with Crippen molar-refractivity contribution < 1.29 is 9.00 Å². The first kappa shape index (κ1) is 22.2. The van der Waals surface area contributed by atoms with Gasteiger partial charge in [0.2, 0.25) is 0 Å². The van der Waals surface area contributed by atoms with E-state index in [-0.39, 0.29) is 5.91 Å². The molecule has 1 fully saturated rings. The second kappa shape index (κ2) is 10.5. The maximum absolute atomic E-state index is 12.8. The molecule has 0 spiro atoms. The Bertz CT molecular complexity index is 1060. The van der Waals surface area contributed by atoms with Gasteiger partial charge in [0.1, 0.15) is 0 Å². The van der Waals surface area contributed by atoms with Crippen LogP contribution < -0.4 is 10.2 Å². The molecule has 1 atom stereocenters. The Kier molecular flexibility index (Phi) is 7.29. The molecule has 2 aromatic carbocycles. The number of para-hydroxylation sites is 2. The summed E-state index contributed by atoms with van der Waals surface area (Å²) >= 11 is 0. The summed E-state index contributed by atoms with van der Waals surface area (Å²) in [6, 6.07) is 19.0. The Hall–Kier alpha value is -3.03. The fraction of sp³-hybridized carbons (Fsp3) is 0.280. The summed E-state index contributed by atoms with van der Waals surface area (Å²) in [6.45, 7) is 4.85. The number of pyridine rings is 1. The molecule has 0 saturated carbocycles. The molecule has 1 N–H and O–H groups in total. The van der Waals surface area contributed by atoms with Gasteiger partial charge in [-0.05, 0) is 60.5 Å². The van der Waals surface area contributed by atoms with E-state index in [9.17, 15) is 9.00 Å². The van der Waals surface area contributed by atoms with E-state index in [0.29, 0.717) is 10.5 Å². The lowest BCUT2D eigenvalue weighted by atomic mass is 10.1. The SMILES string of the molecule is CS(=O)c1ccc(C(=O)Nc2ccccc2N2CCN(CCc3ccncc3)CC2)cc1. The van der Waals surface area contributed by atoms with Crippen LogP contribution in [0.4, 0.5) is 11.4 Å². The Balaban J connectivity index is 1.36. The van der Waals surface area contributed by atoms with Crippen molar-refractivity contribution in [2.24, 2.45) is 0 Å². The largest absolute Gasteiger partial charge is 0.367 e. The minimum atomic E-state index is -1.06. The van der Waals surface area contributed by atoms with Crippen molar-refractivity contribution in [2.75, 3.05) is 49.2 Å². The van der Waals surface area contributed by atoms with E-state index < -0.39 is 10.8 Å². The monoisotopic (exact) mass is 448 g/mol. The van der Waals surface area contributed by atoms with Gasteiger partial charge in [0.25, 0.3) is 5.91 Å². The third-order valence-corrected chi connectivity index (χ3v) is 6.72. The summed E-state index contributed by atoms with van der Waals surface area (Å²) in [7, 11) is -1.06. The normalized spacial score (nSPS) is 15.3. The quantitative estimate of drug-likeness (QED) is 0.600. The zero-order valence-corrected chi connectivity index (χ0v) is 19.1. The molecule has 0 aliphatic carbocycles. The first-order valence-corrected chi connectivity index (χ1v) is 12.4. The lowest BCUT2D eigenvalue weighted by molar-refractivity contribution is 0.102. The molecule has 4 rings (SSSR count). The molecule has 1 amide bonds. The maximum atomic E-state index is 12.8. The average Bonchev–Trinajstić information content (AvgIpc) is 2.84. The number of amides is 1. The summed E-state index contributed by atoms with van der Waals surface area (Å²) in [5.41, 5.74) is 3.72. The lowest BCUT2D eigenvalue weighted by Crippen LogP contribution is -2.47. The Morgan fingerprint density at radius 3 is 2.34 bits per heavy atom. The molecule has 32 heavy (non-hydrogen) atoms. The van der Waals surface area contributed by atoms with Gasteiger partial charge in [-0.15, -0.1) is 0 Å². The molecule has 7 heteroatoms. The van der Waals surface area contributed by atoms with Crippen LogP contribution in [0.5, 0.6) is 0 Å². The summed E-state index contributed by atoms with van der Waals surface area (Å²) in [6.07, 6.45) is 6.35. The van der Waals surface area contributed by atoms with Crippen molar-refractivity contribution in [3.05, 3.63) is 84.2 Å². The number of nitrogens with zero attached hydrogens (tertiary/aromatic N) is 3. The average molecular weight is 449 g/mol. The molecule has 3 aromatic rings. The van der Waals surface area contributed by atoms with Crippen LogP contribution >= 0.6 is 0 Å². The minimum Gasteiger partial charge on any atom is -0.367 e. The Morgan fingerprint density at radius 2 is 1.66 bits per heavy atom. The van der Waals surface area contributed by atoms with Crippen molar-refractivity contribution in [3.8, 4) is 0 Å². The molecule has 1 aromatic heterocycles. The number of hydrogen-bond donors (Lipinski definition) is 1. The molecule has 2 heterocycles. The summed E-state index contributed by atoms with van der Waals surface area (Å²) < 4.78 is 11.6. The van der Waals surface area contributed by atoms with Gasteiger partial charge in [-0.2, -0.15) is 0 Å². The van der Waals surface area contributed by atoms with Crippen molar-refractivity contribution in [1.29, 1.82) is 0 Å². The molecule has 0 radical (unpaired) electrons. The fourth-order valence-corrected chi connectivity index (χ4v) is 4.42. The standard InChI is InChI=1S/C25H28N4O2S/c1-32(31)22-8-6-21(7-9-22)25(30)27-23-4-2-3-5-24(23)29-18-16-28(17-19-29)15-12-20-10-13-26-14-11-20/h2-11,13-14H,12,15-19H2,1H3,(H,27,30). The van der Waals surface area contributed by atoms with Gasteiger partial charge in [-0.3, -0.25) is 18.9 Å². The van der Waals surface area contributed by atoms with E-state index in [2.05, 4.69) is 38.3 Å². The van der Waals surface area contributed by atoms with Gasteiger partial charge < -0.3 is 10.2 Å². The predicted molar refractivity (Wildman–Crippen MR) is 130 cm³/mol. The molecule has 0 bridgehead atoms. The second-order valence-corrected chi connectivity index (χ2v) is 9.26. The van der Waals surface area contributed by atoms with E-state index in [1.54, 1.807) is 30.5 Å². The number of anilines is 2. The van der Waals surface area contributed by atoms with Gasteiger partial charge in [-0.1, -0.05) is 12.1 Å². The smallest absolute Gasteiger partial charge is 0.255 e. The zero-order valence-electron chi connectivity index (χ0n) is 18.2. The third kappa shape index (κ3) is 5.60. The van der Waals surface area contributed by atoms with Crippen molar-refractivity contribution >= 4 is 28.1 Å². The van der Waals surface area contributed by atoms with Crippen LogP contribution in [-0.2, 0) is 17.2 Å². The number of aromatic nitrogens is 1. The number of carbonyl (C=O) groups excluding carboxylic acids is 1. The van der Waals surface area contributed by atoms with Gasteiger partial charge in [0.05, 0.1) is 11.4 Å². The number of carbonyl (C=O) groups is 1. The van der Waals surface area contributed by atoms with Gasteiger partial charge in [-0.25, -0.2) is 0 Å². The molecule has 1 aliphatic rings. The first-order chi connectivity index (χ1) is 15.6. The number of piperazine rings is 1. The number of nitrogens with one attached hydrogen (secondary N) is 1. The maximum Gasteiger partial charge on any atom is 0.255 e. The van der Waals surface area contributed by atoms with Crippen molar-refractivity contribution in [3.63, 3.8) is 0 Å². The van der Waals surface area contributed by atoms with E-state index >= 15 is 0 Å². The number of benzene rings is 2. The zero-order chi connectivity index (χ0) is 22.3. The highest BCUT2D eigenvalue weighted by atomic mass is 32.2. The molecule has 1 saturated heterocycles.